The van der Waals surface area contributed by atoms with Gasteiger partial charge in [-0.1, -0.05) is 35.9 Å². The Hall–Kier alpha value is -1.51. The fourth-order valence-electron chi connectivity index (χ4n) is 1.76. The third kappa shape index (κ3) is 2.84. The largest absolute Gasteiger partial charge is 0.455 e. The van der Waals surface area contributed by atoms with Gasteiger partial charge < -0.3 is 10.5 Å². The minimum atomic E-state index is -0.0783. The molecule has 0 spiro atoms. The summed E-state index contributed by atoms with van der Waals surface area (Å²) >= 11 is 6.16. The van der Waals surface area contributed by atoms with E-state index in [9.17, 15) is 0 Å². The van der Waals surface area contributed by atoms with Crippen molar-refractivity contribution >= 4 is 11.6 Å². The van der Waals surface area contributed by atoms with Gasteiger partial charge >= 0.3 is 0 Å². The van der Waals surface area contributed by atoms with Crippen LogP contribution in [0.2, 0.25) is 5.02 Å². The zero-order valence-corrected chi connectivity index (χ0v) is 11.2. The number of rotatable bonds is 3. The molecule has 2 N–H and O–H groups in total. The summed E-state index contributed by atoms with van der Waals surface area (Å²) in [6.07, 6.45) is 0. The zero-order chi connectivity index (χ0) is 13.1. The number of benzene rings is 2. The topological polar surface area (TPSA) is 35.2 Å². The average Bonchev–Trinajstić information content (AvgIpc) is 2.33. The smallest absolute Gasteiger partial charge is 0.146 e. The molecule has 1 atom stereocenters. The van der Waals surface area contributed by atoms with Crippen molar-refractivity contribution in [2.24, 2.45) is 5.73 Å². The molecule has 2 aromatic rings. The lowest BCUT2D eigenvalue weighted by Crippen LogP contribution is -2.06. The molecule has 2 aromatic carbocycles. The molecule has 0 unspecified atom stereocenters. The summed E-state index contributed by atoms with van der Waals surface area (Å²) in [7, 11) is 0. The Balaban J connectivity index is 2.34. The highest BCUT2D eigenvalue weighted by molar-refractivity contribution is 6.32. The summed E-state index contributed by atoms with van der Waals surface area (Å²) in [6.45, 7) is 3.92. The van der Waals surface area contributed by atoms with Gasteiger partial charge in [0, 0.05) is 11.6 Å². The minimum Gasteiger partial charge on any atom is -0.455 e. The maximum absolute atomic E-state index is 6.16. The monoisotopic (exact) mass is 261 g/mol. The van der Waals surface area contributed by atoms with Gasteiger partial charge in [0.2, 0.25) is 0 Å². The second kappa shape index (κ2) is 5.42. The number of ether oxygens (including phenoxy) is 1. The molecule has 0 saturated carbocycles. The number of para-hydroxylation sites is 1. The number of aryl methyl sites for hydroxylation is 1. The van der Waals surface area contributed by atoms with Gasteiger partial charge in [-0.25, -0.2) is 0 Å². The first-order chi connectivity index (χ1) is 8.58. The normalized spacial score (nSPS) is 12.2. The van der Waals surface area contributed by atoms with E-state index < -0.39 is 0 Å². The predicted octanol–water partition coefficient (Wildman–Crippen LogP) is 4.46. The molecule has 94 valence electrons. The van der Waals surface area contributed by atoms with Crippen LogP contribution in [-0.4, -0.2) is 0 Å². The number of hydrogen-bond donors (Lipinski definition) is 1. The van der Waals surface area contributed by atoms with Gasteiger partial charge in [0.1, 0.15) is 11.5 Å². The summed E-state index contributed by atoms with van der Waals surface area (Å²) in [4.78, 5) is 0. The molecule has 0 fully saturated rings. The van der Waals surface area contributed by atoms with Crippen molar-refractivity contribution in [3.63, 3.8) is 0 Å². The van der Waals surface area contributed by atoms with E-state index in [-0.39, 0.29) is 6.04 Å². The van der Waals surface area contributed by atoms with Crippen molar-refractivity contribution in [1.82, 2.24) is 0 Å². The zero-order valence-electron chi connectivity index (χ0n) is 10.5. The Morgan fingerprint density at radius 2 is 1.83 bits per heavy atom. The molecule has 3 heteroatoms. The van der Waals surface area contributed by atoms with E-state index in [0.29, 0.717) is 10.8 Å². The first-order valence-corrected chi connectivity index (χ1v) is 6.24. The molecule has 0 bridgehead atoms. The van der Waals surface area contributed by atoms with Crippen LogP contribution < -0.4 is 10.5 Å². The van der Waals surface area contributed by atoms with Crippen LogP contribution in [0, 0.1) is 6.92 Å². The van der Waals surface area contributed by atoms with Gasteiger partial charge in [-0.3, -0.25) is 0 Å². The van der Waals surface area contributed by atoms with Crippen molar-refractivity contribution in [2.45, 2.75) is 19.9 Å². The van der Waals surface area contributed by atoms with Crippen LogP contribution in [0.4, 0.5) is 0 Å². The van der Waals surface area contributed by atoms with Crippen LogP contribution in [0.25, 0.3) is 0 Å². The third-order valence-corrected chi connectivity index (χ3v) is 3.01. The second-order valence-corrected chi connectivity index (χ2v) is 4.77. The van der Waals surface area contributed by atoms with Gasteiger partial charge in [0.15, 0.2) is 0 Å². The van der Waals surface area contributed by atoms with Gasteiger partial charge in [-0.05, 0) is 37.6 Å². The molecule has 0 heterocycles. The lowest BCUT2D eigenvalue weighted by atomic mass is 10.1. The molecule has 0 radical (unpaired) electrons. The van der Waals surface area contributed by atoms with Crippen molar-refractivity contribution in [3.8, 4) is 11.5 Å². The second-order valence-electron chi connectivity index (χ2n) is 4.36. The standard InChI is InChI=1S/C15H16ClNO/c1-10-7-8-15(13(16)9-10)18-14-6-4-3-5-12(14)11(2)17/h3-9,11H,17H2,1-2H3/t11-/m1/s1. The lowest BCUT2D eigenvalue weighted by molar-refractivity contribution is 0.472. The molecular formula is C15H16ClNO. The average molecular weight is 262 g/mol. The Labute approximate surface area is 112 Å². The molecule has 2 nitrogen and oxygen atoms in total. The van der Waals surface area contributed by atoms with Crippen LogP contribution in [0.1, 0.15) is 24.1 Å². The first-order valence-electron chi connectivity index (χ1n) is 5.86. The first kappa shape index (κ1) is 12.9. The van der Waals surface area contributed by atoms with Crippen LogP contribution in [0.5, 0.6) is 11.5 Å². The summed E-state index contributed by atoms with van der Waals surface area (Å²) in [5.41, 5.74) is 7.99. The Bertz CT molecular complexity index is 552. The van der Waals surface area contributed by atoms with Crippen LogP contribution in [0.3, 0.4) is 0 Å². The molecule has 2 rings (SSSR count). The van der Waals surface area contributed by atoms with E-state index in [2.05, 4.69) is 0 Å². The van der Waals surface area contributed by atoms with E-state index >= 15 is 0 Å². The highest BCUT2D eigenvalue weighted by Gasteiger charge is 2.09. The van der Waals surface area contributed by atoms with Crippen LogP contribution in [-0.2, 0) is 0 Å². The summed E-state index contributed by atoms with van der Waals surface area (Å²) in [5.74, 6) is 1.40. The maximum atomic E-state index is 6.16. The highest BCUT2D eigenvalue weighted by Crippen LogP contribution is 2.33. The van der Waals surface area contributed by atoms with Crippen LogP contribution in [0.15, 0.2) is 42.5 Å². The van der Waals surface area contributed by atoms with Gasteiger partial charge in [-0.2, -0.15) is 0 Å². The molecule has 18 heavy (non-hydrogen) atoms. The molecular weight excluding hydrogens is 246 g/mol. The molecule has 0 amide bonds. The predicted molar refractivity (Wildman–Crippen MR) is 75.3 cm³/mol. The maximum Gasteiger partial charge on any atom is 0.146 e. The van der Waals surface area contributed by atoms with E-state index in [1.54, 1.807) is 0 Å². The molecule has 0 aliphatic rings. The SMILES string of the molecule is Cc1ccc(Oc2ccccc2[C@@H](C)N)c(Cl)c1. The Kier molecular flexibility index (Phi) is 3.90. The van der Waals surface area contributed by atoms with E-state index in [1.165, 1.54) is 0 Å². The molecule has 0 aromatic heterocycles. The summed E-state index contributed by atoms with van der Waals surface area (Å²) in [5, 5.41) is 0.606. The highest BCUT2D eigenvalue weighted by atomic mass is 35.5. The van der Waals surface area contributed by atoms with E-state index in [0.717, 1.165) is 16.9 Å². The van der Waals surface area contributed by atoms with Crippen molar-refractivity contribution in [2.75, 3.05) is 0 Å². The molecule has 0 aliphatic carbocycles. The third-order valence-electron chi connectivity index (χ3n) is 2.72. The molecule has 0 aliphatic heterocycles. The minimum absolute atomic E-state index is 0.0783. The van der Waals surface area contributed by atoms with Gasteiger partial charge in [0.25, 0.3) is 0 Å². The summed E-state index contributed by atoms with van der Waals surface area (Å²) < 4.78 is 5.84. The van der Waals surface area contributed by atoms with Crippen LogP contribution >= 0.6 is 11.6 Å². The van der Waals surface area contributed by atoms with Gasteiger partial charge in [0.05, 0.1) is 5.02 Å². The van der Waals surface area contributed by atoms with E-state index in [1.807, 2.05) is 56.3 Å². The molecule has 0 saturated heterocycles. The Morgan fingerprint density at radius 3 is 2.50 bits per heavy atom. The summed E-state index contributed by atoms with van der Waals surface area (Å²) in [6, 6.07) is 13.4. The van der Waals surface area contributed by atoms with Crippen molar-refractivity contribution < 1.29 is 4.74 Å². The van der Waals surface area contributed by atoms with Crippen molar-refractivity contribution in [3.05, 3.63) is 58.6 Å². The number of halogens is 1. The number of hydrogen-bond acceptors (Lipinski definition) is 2. The number of nitrogens with two attached hydrogens (primary N) is 1. The van der Waals surface area contributed by atoms with Crippen molar-refractivity contribution in [1.29, 1.82) is 0 Å². The lowest BCUT2D eigenvalue weighted by Gasteiger charge is -2.14. The van der Waals surface area contributed by atoms with Gasteiger partial charge in [-0.15, -0.1) is 0 Å². The Morgan fingerprint density at radius 1 is 1.11 bits per heavy atom. The van der Waals surface area contributed by atoms with E-state index in [4.69, 9.17) is 22.1 Å². The quantitative estimate of drug-likeness (QED) is 0.885. The fourth-order valence-corrected chi connectivity index (χ4v) is 2.03. The fraction of sp³-hybridized carbons (Fsp3) is 0.200.